The minimum absolute atomic E-state index is 0.0229. The van der Waals surface area contributed by atoms with Crippen molar-refractivity contribution in [3.8, 4) is 0 Å². The van der Waals surface area contributed by atoms with Crippen LogP contribution >= 0.6 is 0 Å². The van der Waals surface area contributed by atoms with E-state index < -0.39 is 97.5 Å². The Balaban J connectivity index is 1.17. The Morgan fingerprint density at radius 1 is 0.883 bits per heavy atom. The first-order chi connectivity index (χ1) is 28.7. The van der Waals surface area contributed by atoms with Crippen LogP contribution in [0.1, 0.15) is 67.1 Å². The first kappa shape index (κ1) is 44.7. The van der Waals surface area contributed by atoms with E-state index in [2.05, 4.69) is 5.32 Å². The first-order valence-electron chi connectivity index (χ1n) is 19.9. The third kappa shape index (κ3) is 10.7. The van der Waals surface area contributed by atoms with Gasteiger partial charge in [-0.05, 0) is 51.0 Å². The third-order valence-corrected chi connectivity index (χ3v) is 10.3. The molecule has 0 unspecified atom stereocenters. The molecule has 3 aliphatic rings. The standard InChI is InChI=1S/C45H53NO14/c1-44(2,3)59-36(49)21-20-32(25-47)46-41(53)29-23-33(40-34(24-29)58-45(60-40,30-12-6-4-7-13-30)31-14-8-5-9-15-31)56-42(54)28-18-16-27(17-19-28)11-10-22-55-43-39(52)38(51)37(50)35(26-48)57-43/h4-19,24,32-35,37-40,43,47-48,50-52H,20-23,25-26H2,1-3H3,(H,46,53)/t32-,33+,34+,35+,37-,38-,39+,40-,43-/m0/s1. The predicted octanol–water partition coefficient (Wildman–Crippen LogP) is 2.66. The summed E-state index contributed by atoms with van der Waals surface area (Å²) < 4.78 is 35.9. The van der Waals surface area contributed by atoms with Crippen molar-refractivity contribution in [3.63, 3.8) is 0 Å². The van der Waals surface area contributed by atoms with Gasteiger partial charge in [-0.2, -0.15) is 0 Å². The van der Waals surface area contributed by atoms with Crippen molar-refractivity contribution in [1.82, 2.24) is 5.32 Å². The zero-order valence-corrected chi connectivity index (χ0v) is 33.7. The van der Waals surface area contributed by atoms with Gasteiger partial charge >= 0.3 is 11.9 Å². The van der Waals surface area contributed by atoms with Gasteiger partial charge in [0.2, 0.25) is 11.7 Å². The molecule has 0 radical (unpaired) electrons. The lowest BCUT2D eigenvalue weighted by Crippen LogP contribution is -2.59. The third-order valence-electron chi connectivity index (χ3n) is 10.3. The molecule has 60 heavy (non-hydrogen) atoms. The summed E-state index contributed by atoms with van der Waals surface area (Å²) >= 11 is 0. The Kier molecular flexibility index (Phi) is 14.7. The summed E-state index contributed by atoms with van der Waals surface area (Å²) in [7, 11) is 0. The Labute approximate surface area is 348 Å². The molecule has 1 aliphatic carbocycles. The molecule has 15 nitrogen and oxygen atoms in total. The fourth-order valence-electron chi connectivity index (χ4n) is 7.24. The van der Waals surface area contributed by atoms with Crippen molar-refractivity contribution >= 4 is 23.9 Å². The highest BCUT2D eigenvalue weighted by Crippen LogP contribution is 2.47. The van der Waals surface area contributed by atoms with Crippen molar-refractivity contribution in [2.75, 3.05) is 19.8 Å². The summed E-state index contributed by atoms with van der Waals surface area (Å²) in [6, 6.07) is 24.4. The first-order valence-corrected chi connectivity index (χ1v) is 19.9. The van der Waals surface area contributed by atoms with Crippen molar-refractivity contribution in [3.05, 3.63) is 125 Å². The average molecular weight is 832 g/mol. The number of rotatable bonds is 15. The zero-order chi connectivity index (χ0) is 43.0. The maximum atomic E-state index is 13.8. The maximum absolute atomic E-state index is 13.8. The van der Waals surface area contributed by atoms with Gasteiger partial charge in [-0.25, -0.2) is 4.79 Å². The van der Waals surface area contributed by atoms with Crippen LogP contribution < -0.4 is 5.32 Å². The quantitative estimate of drug-likeness (QED) is 0.121. The number of carbonyl (C=O) groups is 3. The van der Waals surface area contributed by atoms with Crippen LogP contribution in [0.2, 0.25) is 0 Å². The van der Waals surface area contributed by atoms with Gasteiger partial charge in [0, 0.05) is 29.5 Å². The normalized spacial score (nSPS) is 26.8. The fourth-order valence-corrected chi connectivity index (χ4v) is 7.24. The smallest absolute Gasteiger partial charge is 0.338 e. The molecule has 15 heteroatoms. The minimum atomic E-state index is -1.56. The largest absolute Gasteiger partial charge is 0.460 e. The Morgan fingerprint density at radius 2 is 1.53 bits per heavy atom. The molecule has 3 aromatic carbocycles. The van der Waals surface area contributed by atoms with E-state index >= 15 is 0 Å². The molecule has 3 aromatic rings. The van der Waals surface area contributed by atoms with Crippen LogP contribution in [0.25, 0.3) is 6.08 Å². The number of nitrogens with one attached hydrogen (secondary N) is 1. The number of benzene rings is 3. The van der Waals surface area contributed by atoms with Gasteiger partial charge in [-0.3, -0.25) is 9.59 Å². The second-order valence-corrected chi connectivity index (χ2v) is 15.9. The van der Waals surface area contributed by atoms with E-state index in [4.69, 9.17) is 28.4 Å². The molecule has 1 amide bonds. The van der Waals surface area contributed by atoms with Crippen molar-refractivity contribution in [2.24, 2.45) is 0 Å². The number of hydrogen-bond donors (Lipinski definition) is 6. The van der Waals surface area contributed by atoms with E-state index in [1.54, 1.807) is 63.3 Å². The number of ether oxygens (including phenoxy) is 6. The van der Waals surface area contributed by atoms with Crippen LogP contribution in [0.3, 0.4) is 0 Å². The molecular weight excluding hydrogens is 778 g/mol. The molecule has 0 bridgehead atoms. The SMILES string of the molecule is CC(C)(C)OC(=O)CC[C@@H](CO)NC(=O)C1=C[C@H]2OC(c3ccccc3)(c3ccccc3)O[C@H]2[C@H](OC(=O)c2ccc(C=CCO[C@H]3O[C@H](CO)[C@H](O)[C@H](O)[C@H]3O)cc2)C1. The number of aliphatic hydroxyl groups excluding tert-OH is 5. The highest BCUT2D eigenvalue weighted by atomic mass is 16.8. The predicted molar refractivity (Wildman–Crippen MR) is 215 cm³/mol. The van der Waals surface area contributed by atoms with Gasteiger partial charge in [0.25, 0.3) is 0 Å². The molecule has 0 saturated carbocycles. The van der Waals surface area contributed by atoms with Gasteiger partial charge in [0.1, 0.15) is 48.3 Å². The number of hydrogen-bond acceptors (Lipinski definition) is 14. The Hall–Kier alpha value is -4.81. The van der Waals surface area contributed by atoms with Crippen molar-refractivity contribution < 1.29 is 68.3 Å². The second kappa shape index (κ2) is 19.7. The van der Waals surface area contributed by atoms with E-state index in [9.17, 15) is 39.9 Å². The maximum Gasteiger partial charge on any atom is 0.338 e. The van der Waals surface area contributed by atoms with Gasteiger partial charge in [0.05, 0.1) is 31.4 Å². The topological polar surface area (TPSA) is 220 Å². The summed E-state index contributed by atoms with van der Waals surface area (Å²) in [4.78, 5) is 40.0. The van der Waals surface area contributed by atoms with Crippen molar-refractivity contribution in [1.29, 1.82) is 0 Å². The van der Waals surface area contributed by atoms with Crippen molar-refractivity contribution in [2.45, 2.75) is 106 Å². The van der Waals surface area contributed by atoms with Crippen LogP contribution in [0.4, 0.5) is 0 Å². The van der Waals surface area contributed by atoms with E-state index in [1.807, 2.05) is 60.7 Å². The number of fused-ring (bicyclic) bond motifs is 1. The van der Waals surface area contributed by atoms with E-state index in [0.29, 0.717) is 16.7 Å². The van der Waals surface area contributed by atoms with Gasteiger partial charge in [-0.15, -0.1) is 0 Å². The molecule has 2 fully saturated rings. The molecule has 322 valence electrons. The van der Waals surface area contributed by atoms with E-state index in [-0.39, 0.29) is 37.0 Å². The summed E-state index contributed by atoms with van der Waals surface area (Å²) in [6.07, 6.45) is -4.56. The molecule has 6 N–H and O–H groups in total. The van der Waals surface area contributed by atoms with Gasteiger partial charge in [0.15, 0.2) is 6.29 Å². The molecule has 0 spiro atoms. The minimum Gasteiger partial charge on any atom is -0.460 e. The summed E-state index contributed by atoms with van der Waals surface area (Å²) in [5.41, 5.74) is 1.87. The monoisotopic (exact) mass is 831 g/mol. The Morgan fingerprint density at radius 3 is 2.13 bits per heavy atom. The fraction of sp³-hybridized carbons (Fsp3) is 0.444. The van der Waals surface area contributed by atoms with Crippen LogP contribution in [-0.2, 0) is 43.8 Å². The van der Waals surface area contributed by atoms with Crippen LogP contribution in [0, 0.1) is 0 Å². The molecule has 9 atom stereocenters. The molecule has 2 heterocycles. The summed E-state index contributed by atoms with van der Waals surface area (Å²) in [5, 5.41) is 52.5. The number of amides is 1. The van der Waals surface area contributed by atoms with Crippen LogP contribution in [0.5, 0.6) is 0 Å². The number of aliphatic hydroxyl groups is 5. The number of carbonyl (C=O) groups excluding carboxylic acids is 3. The van der Waals surface area contributed by atoms with E-state index in [0.717, 1.165) is 0 Å². The molecule has 0 aromatic heterocycles. The van der Waals surface area contributed by atoms with Crippen LogP contribution in [0.15, 0.2) is 103 Å². The molecule has 2 saturated heterocycles. The molecule has 6 rings (SSSR count). The highest BCUT2D eigenvalue weighted by Gasteiger charge is 2.55. The number of esters is 2. The Bertz CT molecular complexity index is 1920. The lowest BCUT2D eigenvalue weighted by Gasteiger charge is -2.39. The molecule has 2 aliphatic heterocycles. The average Bonchev–Trinajstić information content (AvgIpc) is 3.65. The summed E-state index contributed by atoms with van der Waals surface area (Å²) in [5.74, 6) is -3.06. The second-order valence-electron chi connectivity index (χ2n) is 15.9. The van der Waals surface area contributed by atoms with Gasteiger partial charge in [-0.1, -0.05) is 84.9 Å². The molecular formula is C45H53NO14. The van der Waals surface area contributed by atoms with Crippen LogP contribution in [-0.4, -0.2) is 124 Å². The van der Waals surface area contributed by atoms with Gasteiger partial charge < -0.3 is 59.3 Å². The summed E-state index contributed by atoms with van der Waals surface area (Å²) in [6.45, 7) is 4.23. The van der Waals surface area contributed by atoms with E-state index in [1.165, 1.54) is 0 Å². The highest BCUT2D eigenvalue weighted by molar-refractivity contribution is 5.94. The zero-order valence-electron chi connectivity index (χ0n) is 33.7. The lowest BCUT2D eigenvalue weighted by atomic mass is 9.91. The lowest BCUT2D eigenvalue weighted by molar-refractivity contribution is -0.298.